The molecule has 0 spiro atoms. The molecule has 0 fully saturated rings. The summed E-state index contributed by atoms with van der Waals surface area (Å²) in [6, 6.07) is 16.5. The lowest BCUT2D eigenvalue weighted by Gasteiger charge is -2.08. The van der Waals surface area contributed by atoms with Crippen LogP contribution in [0, 0.1) is 0 Å². The summed E-state index contributed by atoms with van der Waals surface area (Å²) in [7, 11) is 1.51. The molecule has 2 N–H and O–H groups in total. The maximum atomic E-state index is 12.4. The normalized spacial score (nSPS) is 14.2. The lowest BCUT2D eigenvalue weighted by atomic mass is 9.99. The Labute approximate surface area is 150 Å². The number of amides is 1. The molecule has 0 atom stereocenters. The Bertz CT molecular complexity index is 1030. The highest BCUT2D eigenvalue weighted by molar-refractivity contribution is 6.35. The zero-order chi connectivity index (χ0) is 18.1. The number of benzene rings is 2. The Morgan fingerprint density at radius 3 is 2.65 bits per heavy atom. The number of anilines is 1. The molecule has 0 saturated heterocycles. The predicted octanol–water partition coefficient (Wildman–Crippen LogP) is 3.96. The number of hydrogen-bond donors (Lipinski definition) is 2. The molecule has 0 aliphatic carbocycles. The fraction of sp³-hybridized carbons (Fsp3) is 0.0476. The van der Waals surface area contributed by atoms with E-state index in [0.29, 0.717) is 11.3 Å². The van der Waals surface area contributed by atoms with Gasteiger partial charge in [-0.05, 0) is 47.5 Å². The van der Waals surface area contributed by atoms with E-state index in [1.807, 2.05) is 36.4 Å². The summed E-state index contributed by atoms with van der Waals surface area (Å²) in [6.45, 7) is 0. The second-order valence-corrected chi connectivity index (χ2v) is 5.91. The molecule has 128 valence electrons. The SMILES string of the molecule is COc1cc(-c2ccc3c(c2)NC(=O)/C3=C\c2ccccn2)ccc1O. The first-order valence-corrected chi connectivity index (χ1v) is 8.11. The fourth-order valence-corrected chi connectivity index (χ4v) is 2.98. The molecule has 1 aliphatic heterocycles. The van der Waals surface area contributed by atoms with Crippen molar-refractivity contribution in [2.75, 3.05) is 12.4 Å². The Kier molecular flexibility index (Phi) is 3.89. The van der Waals surface area contributed by atoms with Crippen LogP contribution in [0.15, 0.2) is 60.8 Å². The van der Waals surface area contributed by atoms with Gasteiger partial charge in [0, 0.05) is 17.4 Å². The molecule has 4 rings (SSSR count). The van der Waals surface area contributed by atoms with E-state index < -0.39 is 0 Å². The Morgan fingerprint density at radius 2 is 1.88 bits per heavy atom. The predicted molar refractivity (Wildman–Crippen MR) is 101 cm³/mol. The molecule has 0 radical (unpaired) electrons. The van der Waals surface area contributed by atoms with Crippen LogP contribution in [0.5, 0.6) is 11.5 Å². The van der Waals surface area contributed by atoms with Gasteiger partial charge in [0.2, 0.25) is 0 Å². The molecule has 26 heavy (non-hydrogen) atoms. The summed E-state index contributed by atoms with van der Waals surface area (Å²) in [5.41, 5.74) is 4.73. The number of phenolic OH excluding ortho intramolecular Hbond substituents is 1. The Hall–Kier alpha value is -3.60. The van der Waals surface area contributed by atoms with Crippen LogP contribution < -0.4 is 10.1 Å². The Morgan fingerprint density at radius 1 is 1.08 bits per heavy atom. The van der Waals surface area contributed by atoms with Crippen molar-refractivity contribution in [2.24, 2.45) is 0 Å². The van der Waals surface area contributed by atoms with Crippen LogP contribution in [-0.4, -0.2) is 23.1 Å². The topological polar surface area (TPSA) is 71.5 Å². The van der Waals surface area contributed by atoms with Gasteiger partial charge in [0.15, 0.2) is 11.5 Å². The number of hydrogen-bond acceptors (Lipinski definition) is 4. The van der Waals surface area contributed by atoms with Crippen molar-refractivity contribution in [3.63, 3.8) is 0 Å². The summed E-state index contributed by atoms with van der Waals surface area (Å²) < 4.78 is 5.16. The maximum absolute atomic E-state index is 12.4. The molecule has 1 amide bonds. The molecule has 0 unspecified atom stereocenters. The minimum atomic E-state index is -0.147. The van der Waals surface area contributed by atoms with Crippen LogP contribution in [0.3, 0.4) is 0 Å². The highest BCUT2D eigenvalue weighted by atomic mass is 16.5. The van der Waals surface area contributed by atoms with E-state index >= 15 is 0 Å². The van der Waals surface area contributed by atoms with Gasteiger partial charge in [-0.15, -0.1) is 0 Å². The standard InChI is InChI=1S/C21H16N2O3/c1-26-20-11-14(6-8-19(20)24)13-5-7-16-17(21(25)23-18(16)10-13)12-15-4-2-3-9-22-15/h2-12,24H,1H3,(H,23,25)/b17-12-. The largest absolute Gasteiger partial charge is 0.504 e. The first kappa shape index (κ1) is 15.9. The first-order valence-electron chi connectivity index (χ1n) is 8.11. The quantitative estimate of drug-likeness (QED) is 0.706. The summed E-state index contributed by atoms with van der Waals surface area (Å²) >= 11 is 0. The van der Waals surface area contributed by atoms with Gasteiger partial charge >= 0.3 is 0 Å². The van der Waals surface area contributed by atoms with Gasteiger partial charge in [-0.3, -0.25) is 9.78 Å². The minimum Gasteiger partial charge on any atom is -0.504 e. The van der Waals surface area contributed by atoms with Crippen molar-refractivity contribution < 1.29 is 14.6 Å². The van der Waals surface area contributed by atoms with Crippen LogP contribution in [0.1, 0.15) is 11.3 Å². The van der Waals surface area contributed by atoms with Gasteiger partial charge in [-0.2, -0.15) is 0 Å². The van der Waals surface area contributed by atoms with Crippen molar-refractivity contribution in [2.45, 2.75) is 0 Å². The number of carbonyl (C=O) groups is 1. The van der Waals surface area contributed by atoms with E-state index in [-0.39, 0.29) is 11.7 Å². The van der Waals surface area contributed by atoms with Crippen LogP contribution in [-0.2, 0) is 4.79 Å². The molecule has 5 nitrogen and oxygen atoms in total. The van der Waals surface area contributed by atoms with Crippen molar-refractivity contribution in [1.82, 2.24) is 4.98 Å². The number of aromatic hydroxyl groups is 1. The first-order chi connectivity index (χ1) is 12.7. The van der Waals surface area contributed by atoms with Gasteiger partial charge in [0.05, 0.1) is 18.4 Å². The summed E-state index contributed by atoms with van der Waals surface area (Å²) in [5.74, 6) is 0.347. The van der Waals surface area contributed by atoms with Crippen LogP contribution >= 0.6 is 0 Å². The van der Waals surface area contributed by atoms with E-state index in [1.165, 1.54) is 7.11 Å². The molecular weight excluding hydrogens is 328 g/mol. The van der Waals surface area contributed by atoms with Gasteiger partial charge in [-0.1, -0.05) is 24.3 Å². The number of carbonyl (C=O) groups excluding carboxylic acids is 1. The number of nitrogens with zero attached hydrogens (tertiary/aromatic N) is 1. The molecule has 3 aromatic rings. The van der Waals surface area contributed by atoms with Gasteiger partial charge in [0.1, 0.15) is 0 Å². The highest BCUT2D eigenvalue weighted by Gasteiger charge is 2.24. The fourth-order valence-electron chi connectivity index (χ4n) is 2.98. The molecule has 5 heteroatoms. The third-order valence-electron chi connectivity index (χ3n) is 4.30. The van der Waals surface area contributed by atoms with Crippen LogP contribution in [0.2, 0.25) is 0 Å². The number of aromatic nitrogens is 1. The van der Waals surface area contributed by atoms with Crippen LogP contribution in [0.4, 0.5) is 5.69 Å². The average molecular weight is 344 g/mol. The smallest absolute Gasteiger partial charge is 0.256 e. The number of phenols is 1. The molecule has 2 aromatic carbocycles. The molecule has 1 aromatic heterocycles. The van der Waals surface area contributed by atoms with Gasteiger partial charge < -0.3 is 15.2 Å². The van der Waals surface area contributed by atoms with E-state index in [9.17, 15) is 9.90 Å². The van der Waals surface area contributed by atoms with E-state index in [2.05, 4.69) is 10.3 Å². The van der Waals surface area contributed by atoms with E-state index in [0.717, 1.165) is 28.1 Å². The number of methoxy groups -OCH3 is 1. The lowest BCUT2D eigenvalue weighted by molar-refractivity contribution is -0.110. The summed E-state index contributed by atoms with van der Waals surface area (Å²) in [4.78, 5) is 16.6. The number of ether oxygens (including phenoxy) is 1. The number of pyridine rings is 1. The van der Waals surface area contributed by atoms with E-state index in [4.69, 9.17) is 4.74 Å². The molecule has 0 saturated carbocycles. The minimum absolute atomic E-state index is 0.0892. The van der Waals surface area contributed by atoms with Crippen molar-refractivity contribution in [3.05, 3.63) is 72.1 Å². The van der Waals surface area contributed by atoms with Gasteiger partial charge in [0.25, 0.3) is 5.91 Å². The van der Waals surface area contributed by atoms with Crippen molar-refractivity contribution in [1.29, 1.82) is 0 Å². The molecule has 1 aliphatic rings. The summed E-state index contributed by atoms with van der Waals surface area (Å²) in [6.07, 6.45) is 3.48. The second kappa shape index (κ2) is 6.37. The van der Waals surface area contributed by atoms with Crippen molar-refractivity contribution >= 4 is 23.2 Å². The zero-order valence-electron chi connectivity index (χ0n) is 14.1. The lowest BCUT2D eigenvalue weighted by Crippen LogP contribution is -2.03. The van der Waals surface area contributed by atoms with Gasteiger partial charge in [-0.25, -0.2) is 0 Å². The molecule has 2 heterocycles. The molecule has 0 bridgehead atoms. The zero-order valence-corrected chi connectivity index (χ0v) is 14.1. The highest BCUT2D eigenvalue weighted by Crippen LogP contribution is 2.38. The monoisotopic (exact) mass is 344 g/mol. The van der Waals surface area contributed by atoms with Crippen molar-refractivity contribution in [3.8, 4) is 22.6 Å². The molecular formula is C21H16N2O3. The second-order valence-electron chi connectivity index (χ2n) is 5.91. The number of nitrogens with one attached hydrogen (secondary N) is 1. The third kappa shape index (κ3) is 2.80. The van der Waals surface area contributed by atoms with Crippen LogP contribution in [0.25, 0.3) is 22.8 Å². The maximum Gasteiger partial charge on any atom is 0.256 e. The van der Waals surface area contributed by atoms with E-state index in [1.54, 1.807) is 30.5 Å². The number of rotatable bonds is 3. The number of fused-ring (bicyclic) bond motifs is 1. The average Bonchev–Trinajstić information content (AvgIpc) is 2.97. The summed E-state index contributed by atoms with van der Waals surface area (Å²) in [5, 5.41) is 12.7. The third-order valence-corrected chi connectivity index (χ3v) is 4.30. The Balaban J connectivity index is 1.74.